The van der Waals surface area contributed by atoms with Gasteiger partial charge in [-0.2, -0.15) is 0 Å². The monoisotopic (exact) mass is 296 g/mol. The van der Waals surface area contributed by atoms with Gasteiger partial charge in [0.25, 0.3) is 0 Å². The molecule has 3 nitrogen and oxygen atoms in total. The van der Waals surface area contributed by atoms with Gasteiger partial charge >= 0.3 is 0 Å². The molecule has 0 aromatic heterocycles. The van der Waals surface area contributed by atoms with Crippen molar-refractivity contribution < 1.29 is 4.74 Å². The van der Waals surface area contributed by atoms with Crippen molar-refractivity contribution in [2.75, 3.05) is 39.3 Å². The van der Waals surface area contributed by atoms with Crippen LogP contribution in [0.5, 0.6) is 0 Å². The van der Waals surface area contributed by atoms with Gasteiger partial charge in [-0.05, 0) is 23.7 Å². The lowest BCUT2D eigenvalue weighted by molar-refractivity contribution is -0.113. The average Bonchev–Trinajstić information content (AvgIpc) is 2.25. The maximum absolute atomic E-state index is 6.28. The minimum Gasteiger partial charge on any atom is -0.372 e. The van der Waals surface area contributed by atoms with Crippen molar-refractivity contribution in [3.05, 3.63) is 0 Å². The zero-order valence-corrected chi connectivity index (χ0v) is 15.1. The Morgan fingerprint density at radius 1 is 0.762 bits per heavy atom. The van der Waals surface area contributed by atoms with E-state index in [4.69, 9.17) is 4.74 Å². The summed E-state index contributed by atoms with van der Waals surface area (Å²) in [5.74, 6) is 0. The van der Waals surface area contributed by atoms with Crippen LogP contribution in [0.15, 0.2) is 0 Å². The summed E-state index contributed by atoms with van der Waals surface area (Å²) in [7, 11) is 0. The molecule has 0 atom stereocenters. The van der Waals surface area contributed by atoms with Crippen LogP contribution in [0, 0.1) is 10.8 Å². The van der Waals surface area contributed by atoms with Crippen LogP contribution in [-0.2, 0) is 4.74 Å². The third-order valence-corrected chi connectivity index (χ3v) is 4.24. The number of rotatable bonds is 4. The molecular weight excluding hydrogens is 260 g/mol. The number of ether oxygens (including phenoxy) is 1. The summed E-state index contributed by atoms with van der Waals surface area (Å²) < 4.78 is 6.28. The number of likely N-dealkylation sites (tertiary alicyclic amines) is 2. The van der Waals surface area contributed by atoms with Gasteiger partial charge in [-0.25, -0.2) is 0 Å². The van der Waals surface area contributed by atoms with Gasteiger partial charge < -0.3 is 9.64 Å². The summed E-state index contributed by atoms with van der Waals surface area (Å²) in [6.45, 7) is 21.0. The molecule has 2 saturated heterocycles. The molecule has 0 N–H and O–H groups in total. The van der Waals surface area contributed by atoms with Crippen LogP contribution in [0.4, 0.5) is 0 Å². The second kappa shape index (κ2) is 6.55. The van der Waals surface area contributed by atoms with Gasteiger partial charge in [0, 0.05) is 39.3 Å². The number of hydrogen-bond donors (Lipinski definition) is 0. The molecule has 2 fully saturated rings. The predicted molar refractivity (Wildman–Crippen MR) is 89.7 cm³/mol. The van der Waals surface area contributed by atoms with E-state index in [1.807, 2.05) is 0 Å². The van der Waals surface area contributed by atoms with Crippen molar-refractivity contribution in [1.29, 1.82) is 0 Å². The molecule has 0 spiro atoms. The van der Waals surface area contributed by atoms with Crippen molar-refractivity contribution in [1.82, 2.24) is 9.80 Å². The summed E-state index contributed by atoms with van der Waals surface area (Å²) in [6.07, 6.45) is 3.42. The summed E-state index contributed by atoms with van der Waals surface area (Å²) in [6, 6.07) is 0. The predicted octanol–water partition coefficient (Wildman–Crippen LogP) is 3.24. The quantitative estimate of drug-likeness (QED) is 0.792. The lowest BCUT2D eigenvalue weighted by atomic mass is 9.93. The second-order valence-electron chi connectivity index (χ2n) is 9.55. The Morgan fingerprint density at radius 2 is 1.24 bits per heavy atom. The molecule has 124 valence electrons. The second-order valence-corrected chi connectivity index (χ2v) is 9.55. The first-order valence-corrected chi connectivity index (χ1v) is 8.71. The summed E-state index contributed by atoms with van der Waals surface area (Å²) in [5.41, 5.74) is 0.818. The van der Waals surface area contributed by atoms with E-state index in [1.165, 1.54) is 39.0 Å². The molecule has 0 radical (unpaired) electrons. The molecule has 0 aromatic rings. The van der Waals surface area contributed by atoms with Gasteiger partial charge in [0.1, 0.15) is 0 Å². The van der Waals surface area contributed by atoms with Crippen LogP contribution >= 0.6 is 0 Å². The summed E-state index contributed by atoms with van der Waals surface area (Å²) in [4.78, 5) is 5.13. The fourth-order valence-electron chi connectivity index (χ4n) is 3.55. The van der Waals surface area contributed by atoms with E-state index in [0.717, 1.165) is 13.1 Å². The Hall–Kier alpha value is -0.120. The molecule has 0 bridgehead atoms. The van der Waals surface area contributed by atoms with Gasteiger partial charge in [0.2, 0.25) is 0 Å². The largest absolute Gasteiger partial charge is 0.372 e. The highest BCUT2D eigenvalue weighted by Crippen LogP contribution is 2.25. The highest BCUT2D eigenvalue weighted by Gasteiger charge is 2.33. The molecule has 2 aliphatic heterocycles. The summed E-state index contributed by atoms with van der Waals surface area (Å²) >= 11 is 0. The van der Waals surface area contributed by atoms with Crippen molar-refractivity contribution in [3.63, 3.8) is 0 Å². The Labute approximate surface area is 132 Å². The fraction of sp³-hybridized carbons (Fsp3) is 1.00. The zero-order chi connectivity index (χ0) is 15.7. The van der Waals surface area contributed by atoms with Crippen molar-refractivity contribution in [2.24, 2.45) is 10.8 Å². The molecule has 21 heavy (non-hydrogen) atoms. The van der Waals surface area contributed by atoms with Crippen LogP contribution < -0.4 is 0 Å². The first-order chi connectivity index (χ1) is 9.61. The number of nitrogens with zero attached hydrogens (tertiary/aromatic N) is 2. The van der Waals surface area contributed by atoms with E-state index in [0.29, 0.717) is 23.0 Å². The Kier molecular flexibility index (Phi) is 5.38. The van der Waals surface area contributed by atoms with Crippen LogP contribution in [0.1, 0.15) is 54.4 Å². The van der Waals surface area contributed by atoms with E-state index in [1.54, 1.807) is 0 Å². The van der Waals surface area contributed by atoms with Gasteiger partial charge in [-0.1, -0.05) is 41.5 Å². The Balaban J connectivity index is 1.60. The van der Waals surface area contributed by atoms with Crippen molar-refractivity contribution in [2.45, 2.75) is 66.6 Å². The van der Waals surface area contributed by atoms with Crippen molar-refractivity contribution >= 4 is 0 Å². The maximum atomic E-state index is 6.28. The highest BCUT2D eigenvalue weighted by molar-refractivity contribution is 4.86. The van der Waals surface area contributed by atoms with Crippen LogP contribution in [0.25, 0.3) is 0 Å². The first-order valence-electron chi connectivity index (χ1n) is 8.71. The standard InChI is InChI=1S/C18H36N2O/c1-17(2,3)13-19-9-7-15(8-10-19)21-16-11-20(12-16)14-18(4,5)6/h15-16H,7-14H2,1-6H3. The Morgan fingerprint density at radius 3 is 1.71 bits per heavy atom. The topological polar surface area (TPSA) is 15.7 Å². The number of piperidine rings is 1. The molecular formula is C18H36N2O. The molecule has 0 aliphatic carbocycles. The van der Waals surface area contributed by atoms with E-state index in [-0.39, 0.29) is 0 Å². The van der Waals surface area contributed by atoms with Gasteiger partial charge in [0.05, 0.1) is 12.2 Å². The molecule has 0 saturated carbocycles. The zero-order valence-electron chi connectivity index (χ0n) is 15.1. The molecule has 0 unspecified atom stereocenters. The molecule has 2 heterocycles. The van der Waals surface area contributed by atoms with E-state index >= 15 is 0 Å². The smallest absolute Gasteiger partial charge is 0.0832 e. The third-order valence-electron chi connectivity index (χ3n) is 4.24. The van der Waals surface area contributed by atoms with Gasteiger partial charge in [-0.15, -0.1) is 0 Å². The minimum atomic E-state index is 0.406. The maximum Gasteiger partial charge on any atom is 0.0832 e. The van der Waals surface area contributed by atoms with E-state index in [9.17, 15) is 0 Å². The lowest BCUT2D eigenvalue weighted by Crippen LogP contribution is -2.56. The van der Waals surface area contributed by atoms with Crippen LogP contribution in [0.3, 0.4) is 0 Å². The molecule has 2 aliphatic rings. The fourth-order valence-corrected chi connectivity index (χ4v) is 3.55. The molecule has 0 aromatic carbocycles. The minimum absolute atomic E-state index is 0.406. The molecule has 3 heteroatoms. The average molecular weight is 296 g/mol. The van der Waals surface area contributed by atoms with Crippen LogP contribution in [0.2, 0.25) is 0 Å². The van der Waals surface area contributed by atoms with Crippen molar-refractivity contribution in [3.8, 4) is 0 Å². The SMILES string of the molecule is CC(C)(C)CN1CCC(OC2CN(CC(C)(C)C)C2)CC1. The third kappa shape index (κ3) is 6.25. The number of hydrogen-bond acceptors (Lipinski definition) is 3. The Bertz CT molecular complexity index is 315. The van der Waals surface area contributed by atoms with Crippen LogP contribution in [-0.4, -0.2) is 61.3 Å². The normalized spacial score (nSPS) is 24.3. The first kappa shape index (κ1) is 17.2. The van der Waals surface area contributed by atoms with E-state index in [2.05, 4.69) is 51.3 Å². The van der Waals surface area contributed by atoms with Gasteiger partial charge in [0.15, 0.2) is 0 Å². The lowest BCUT2D eigenvalue weighted by Gasteiger charge is -2.44. The van der Waals surface area contributed by atoms with Gasteiger partial charge in [-0.3, -0.25) is 4.90 Å². The highest BCUT2D eigenvalue weighted by atomic mass is 16.5. The van der Waals surface area contributed by atoms with E-state index < -0.39 is 0 Å². The molecule has 2 rings (SSSR count). The summed E-state index contributed by atoms with van der Waals surface area (Å²) in [5, 5.41) is 0. The molecule has 0 amide bonds.